The number of aliphatic hydroxyl groups excluding tert-OH is 1. The van der Waals surface area contributed by atoms with Gasteiger partial charge in [0.15, 0.2) is 0 Å². The molecule has 7 heteroatoms. The maximum absolute atomic E-state index is 13.4. The monoisotopic (exact) mass is 418 g/mol. The molecule has 2 aromatic carbocycles. The molecule has 0 aliphatic heterocycles. The van der Waals surface area contributed by atoms with Gasteiger partial charge < -0.3 is 20.5 Å². The van der Waals surface area contributed by atoms with Crippen LogP contribution in [0.1, 0.15) is 23.6 Å². The van der Waals surface area contributed by atoms with Gasteiger partial charge in [0.2, 0.25) is 0 Å². The molecule has 30 heavy (non-hydrogen) atoms. The maximum Gasteiger partial charge on any atom is 0.410 e. The average Bonchev–Trinajstić information content (AvgIpc) is 2.70. The van der Waals surface area contributed by atoms with Crippen LogP contribution in [0.3, 0.4) is 0 Å². The minimum Gasteiger partial charge on any atom is -0.445 e. The third-order valence-corrected chi connectivity index (χ3v) is 4.65. The predicted molar refractivity (Wildman–Crippen MR) is 112 cm³/mol. The Morgan fingerprint density at radius 2 is 1.87 bits per heavy atom. The molecule has 0 heterocycles. The highest BCUT2D eigenvalue weighted by Gasteiger charge is 2.24. The van der Waals surface area contributed by atoms with E-state index in [0.717, 1.165) is 23.6 Å². The number of nitrogens with zero attached hydrogens (tertiary/aromatic N) is 1. The smallest absolute Gasteiger partial charge is 0.410 e. The molecule has 3 N–H and O–H groups in total. The van der Waals surface area contributed by atoms with Gasteiger partial charge in [0.05, 0.1) is 12.6 Å². The van der Waals surface area contributed by atoms with Crippen molar-refractivity contribution < 1.29 is 23.4 Å². The molecule has 0 bridgehead atoms. The summed E-state index contributed by atoms with van der Waals surface area (Å²) in [5.74, 6) is -1.42. The average molecular weight is 418 g/mol. The minimum absolute atomic E-state index is 0.0368. The number of aliphatic hydroxyl groups is 1. The molecule has 2 rings (SSSR count). The van der Waals surface area contributed by atoms with E-state index in [1.165, 1.54) is 23.1 Å². The molecule has 2 atom stereocenters. The number of ether oxygens (including phenoxy) is 1. The second-order valence-corrected chi connectivity index (χ2v) is 7.13. The van der Waals surface area contributed by atoms with Gasteiger partial charge in [0, 0.05) is 18.7 Å². The highest BCUT2D eigenvalue weighted by Crippen LogP contribution is 2.14. The number of benzene rings is 2. The largest absolute Gasteiger partial charge is 0.445 e. The zero-order chi connectivity index (χ0) is 22.1. The van der Waals surface area contributed by atoms with Crippen LogP contribution < -0.4 is 5.73 Å². The molecule has 0 radical (unpaired) electrons. The highest BCUT2D eigenvalue weighted by molar-refractivity contribution is 5.67. The molecule has 162 valence electrons. The second-order valence-electron chi connectivity index (χ2n) is 7.13. The second kappa shape index (κ2) is 11.4. The Bertz CT molecular complexity index is 840. The molecule has 1 unspecified atom stereocenters. The minimum atomic E-state index is -1.12. The lowest BCUT2D eigenvalue weighted by Gasteiger charge is -2.27. The van der Waals surface area contributed by atoms with E-state index in [4.69, 9.17) is 10.5 Å². The number of carbonyl (C=O) groups excluding carboxylic acids is 1. The summed E-state index contributed by atoms with van der Waals surface area (Å²) in [4.78, 5) is 13.8. The lowest BCUT2D eigenvalue weighted by Crippen LogP contribution is -2.46. The molecule has 0 saturated carbocycles. The molecule has 0 fully saturated rings. The summed E-state index contributed by atoms with van der Waals surface area (Å²) in [5.41, 5.74) is 8.39. The third kappa shape index (κ3) is 7.24. The summed E-state index contributed by atoms with van der Waals surface area (Å²) in [6.07, 6.45) is 0.624. The summed E-state index contributed by atoms with van der Waals surface area (Å²) in [7, 11) is 0. The Morgan fingerprint density at radius 3 is 2.50 bits per heavy atom. The van der Waals surface area contributed by atoms with Crippen molar-refractivity contribution in [3.05, 3.63) is 83.4 Å². The van der Waals surface area contributed by atoms with Gasteiger partial charge in [-0.2, -0.15) is 0 Å². The van der Waals surface area contributed by atoms with Crippen LogP contribution in [0.4, 0.5) is 13.6 Å². The number of hydrogen-bond acceptors (Lipinski definition) is 4. The number of halogens is 2. The zero-order valence-corrected chi connectivity index (χ0v) is 17.1. The number of rotatable bonds is 10. The number of amides is 1. The van der Waals surface area contributed by atoms with E-state index in [1.54, 1.807) is 0 Å². The van der Waals surface area contributed by atoms with Gasteiger partial charge >= 0.3 is 6.09 Å². The van der Waals surface area contributed by atoms with E-state index < -0.39 is 29.9 Å². The number of carbonyl (C=O) groups is 1. The number of nitrogens with two attached hydrogens (primary N) is 1. The van der Waals surface area contributed by atoms with Gasteiger partial charge in [-0.25, -0.2) is 13.6 Å². The Morgan fingerprint density at radius 1 is 1.20 bits per heavy atom. The SMILES string of the molecule is C=CCOC(=O)N(Cc1cccc(CC)c1)C[C@@H](O)C(N)Cc1cc(F)cc(F)c1. The van der Waals surface area contributed by atoms with Crippen molar-refractivity contribution in [2.24, 2.45) is 5.73 Å². The van der Waals surface area contributed by atoms with Gasteiger partial charge in [0.25, 0.3) is 0 Å². The molecule has 0 aromatic heterocycles. The van der Waals surface area contributed by atoms with Crippen molar-refractivity contribution in [1.82, 2.24) is 4.90 Å². The van der Waals surface area contributed by atoms with Crippen LogP contribution in [-0.4, -0.2) is 41.4 Å². The van der Waals surface area contributed by atoms with Crippen molar-refractivity contribution in [3.8, 4) is 0 Å². The summed E-state index contributed by atoms with van der Waals surface area (Å²) in [6.45, 7) is 5.73. The molecule has 1 amide bonds. The van der Waals surface area contributed by atoms with Crippen molar-refractivity contribution in [2.75, 3.05) is 13.2 Å². The Labute approximate surface area is 175 Å². The lowest BCUT2D eigenvalue weighted by atomic mass is 10.0. The first-order valence-electron chi connectivity index (χ1n) is 9.81. The summed E-state index contributed by atoms with van der Waals surface area (Å²) in [6, 6.07) is 10.0. The van der Waals surface area contributed by atoms with Gasteiger partial charge in [-0.05, 0) is 41.7 Å². The fourth-order valence-corrected chi connectivity index (χ4v) is 3.09. The van der Waals surface area contributed by atoms with Crippen molar-refractivity contribution in [1.29, 1.82) is 0 Å². The molecule has 2 aromatic rings. The van der Waals surface area contributed by atoms with Crippen LogP contribution in [0.25, 0.3) is 0 Å². The first kappa shape index (κ1) is 23.5. The number of hydrogen-bond donors (Lipinski definition) is 2. The first-order chi connectivity index (χ1) is 14.3. The van der Waals surface area contributed by atoms with Crippen LogP contribution in [0.2, 0.25) is 0 Å². The molecular formula is C23H28F2N2O3. The molecule has 0 aliphatic rings. The summed E-state index contributed by atoms with van der Waals surface area (Å²) < 4.78 is 31.9. The Hall–Kier alpha value is -2.77. The zero-order valence-electron chi connectivity index (χ0n) is 17.1. The van der Waals surface area contributed by atoms with E-state index in [9.17, 15) is 18.7 Å². The van der Waals surface area contributed by atoms with Gasteiger partial charge in [-0.1, -0.05) is 43.8 Å². The quantitative estimate of drug-likeness (QED) is 0.579. The molecule has 0 saturated heterocycles. The standard InChI is InChI=1S/C23H28F2N2O3/c1-3-8-30-23(29)27(14-17-7-5-6-16(4-2)9-17)15-22(28)21(26)12-18-10-19(24)13-20(25)11-18/h3,5-7,9-11,13,21-22,28H,1,4,8,12,14-15,26H2,2H3/t21?,22-/m1/s1. The van der Waals surface area contributed by atoms with Crippen LogP contribution in [0, 0.1) is 11.6 Å². The van der Waals surface area contributed by atoms with Crippen molar-refractivity contribution >= 4 is 6.09 Å². The Balaban J connectivity index is 2.10. The normalized spacial score (nSPS) is 12.8. The summed E-state index contributed by atoms with van der Waals surface area (Å²) >= 11 is 0. The maximum atomic E-state index is 13.4. The van der Waals surface area contributed by atoms with E-state index in [-0.39, 0.29) is 26.1 Å². The molecule has 0 spiro atoms. The fraction of sp³-hybridized carbons (Fsp3) is 0.348. The van der Waals surface area contributed by atoms with E-state index >= 15 is 0 Å². The molecule has 0 aliphatic carbocycles. The van der Waals surface area contributed by atoms with Crippen molar-refractivity contribution in [3.63, 3.8) is 0 Å². The topological polar surface area (TPSA) is 75.8 Å². The van der Waals surface area contributed by atoms with E-state index in [1.807, 2.05) is 31.2 Å². The Kier molecular flexibility index (Phi) is 8.95. The lowest BCUT2D eigenvalue weighted by molar-refractivity contribution is 0.0657. The summed E-state index contributed by atoms with van der Waals surface area (Å²) in [5, 5.41) is 10.6. The fourth-order valence-electron chi connectivity index (χ4n) is 3.09. The highest BCUT2D eigenvalue weighted by atomic mass is 19.1. The van der Waals surface area contributed by atoms with Gasteiger partial charge in [-0.3, -0.25) is 0 Å². The molecular weight excluding hydrogens is 390 g/mol. The van der Waals surface area contributed by atoms with E-state index in [0.29, 0.717) is 5.56 Å². The first-order valence-corrected chi connectivity index (χ1v) is 9.81. The van der Waals surface area contributed by atoms with Crippen LogP contribution in [0.5, 0.6) is 0 Å². The van der Waals surface area contributed by atoms with Crippen LogP contribution in [-0.2, 0) is 24.1 Å². The van der Waals surface area contributed by atoms with Crippen molar-refractivity contribution in [2.45, 2.75) is 38.5 Å². The van der Waals surface area contributed by atoms with E-state index in [2.05, 4.69) is 6.58 Å². The van der Waals surface area contributed by atoms with Crippen LogP contribution in [0.15, 0.2) is 55.1 Å². The predicted octanol–water partition coefficient (Wildman–Crippen LogP) is 3.58. The third-order valence-electron chi connectivity index (χ3n) is 4.65. The number of aryl methyl sites for hydroxylation is 1. The molecule has 5 nitrogen and oxygen atoms in total. The van der Waals surface area contributed by atoms with Crippen LogP contribution >= 0.6 is 0 Å². The van der Waals surface area contributed by atoms with Gasteiger partial charge in [0.1, 0.15) is 18.2 Å². The van der Waals surface area contributed by atoms with Gasteiger partial charge in [-0.15, -0.1) is 0 Å².